The molecular formula is C13H16N4O4. The molecule has 0 spiro atoms. The molecule has 1 aromatic carbocycles. The van der Waals surface area contributed by atoms with Gasteiger partial charge in [0.05, 0.1) is 18.8 Å². The van der Waals surface area contributed by atoms with Crippen molar-refractivity contribution in [3.8, 4) is 5.75 Å². The molecule has 112 valence electrons. The normalized spacial score (nSPS) is 16.3. The van der Waals surface area contributed by atoms with Crippen LogP contribution >= 0.6 is 0 Å². The summed E-state index contributed by atoms with van der Waals surface area (Å²) in [4.78, 5) is 34.1. The van der Waals surface area contributed by atoms with E-state index in [1.54, 1.807) is 25.1 Å². The van der Waals surface area contributed by atoms with E-state index in [9.17, 15) is 14.4 Å². The maximum atomic E-state index is 11.6. The monoisotopic (exact) mass is 292 g/mol. The van der Waals surface area contributed by atoms with E-state index in [4.69, 9.17) is 10.5 Å². The largest absolute Gasteiger partial charge is 0.479 e. The van der Waals surface area contributed by atoms with Crippen molar-refractivity contribution in [1.82, 2.24) is 5.32 Å². The van der Waals surface area contributed by atoms with Crippen LogP contribution in [0.5, 0.6) is 5.75 Å². The second-order valence-electron chi connectivity index (χ2n) is 4.49. The number of hydrogen-bond donors (Lipinski definition) is 4. The van der Waals surface area contributed by atoms with Crippen LogP contribution in [0.1, 0.15) is 6.92 Å². The fourth-order valence-corrected chi connectivity index (χ4v) is 1.74. The van der Waals surface area contributed by atoms with Crippen molar-refractivity contribution >= 4 is 29.1 Å². The molecule has 5 N–H and O–H groups in total. The summed E-state index contributed by atoms with van der Waals surface area (Å²) in [6.07, 6.45) is -0.551. The minimum Gasteiger partial charge on any atom is -0.479 e. The molecule has 0 aromatic heterocycles. The molecule has 0 fully saturated rings. The predicted molar refractivity (Wildman–Crippen MR) is 75.9 cm³/mol. The number of nitrogens with two attached hydrogens (primary N) is 1. The standard InChI is InChI=1S/C13H16N4O4/c1-7-13(20)17-9-4-8(2-3-10(9)21-7)16-12(19)6-15-11(18)5-14/h2-4,7H,5-6,14H2,1H3,(H,15,18)(H,16,19)(H,17,20). The minimum atomic E-state index is -0.551. The minimum absolute atomic E-state index is 0.173. The summed E-state index contributed by atoms with van der Waals surface area (Å²) in [6, 6.07) is 4.88. The number of carbonyl (C=O) groups excluding carboxylic acids is 3. The van der Waals surface area contributed by atoms with Gasteiger partial charge in [-0.15, -0.1) is 0 Å². The van der Waals surface area contributed by atoms with E-state index in [0.717, 1.165) is 0 Å². The highest BCUT2D eigenvalue weighted by Gasteiger charge is 2.23. The van der Waals surface area contributed by atoms with E-state index in [2.05, 4.69) is 16.0 Å². The summed E-state index contributed by atoms with van der Waals surface area (Å²) in [7, 11) is 0. The molecular weight excluding hydrogens is 276 g/mol. The van der Waals surface area contributed by atoms with Crippen molar-refractivity contribution in [2.24, 2.45) is 5.73 Å². The van der Waals surface area contributed by atoms with E-state index in [0.29, 0.717) is 17.1 Å². The lowest BCUT2D eigenvalue weighted by atomic mass is 10.2. The first kappa shape index (κ1) is 14.8. The van der Waals surface area contributed by atoms with Gasteiger partial charge in [0.2, 0.25) is 11.8 Å². The number of anilines is 2. The maximum absolute atomic E-state index is 11.6. The molecule has 1 aliphatic rings. The van der Waals surface area contributed by atoms with Crippen molar-refractivity contribution in [3.63, 3.8) is 0 Å². The first-order valence-electron chi connectivity index (χ1n) is 6.38. The Balaban J connectivity index is 1.99. The van der Waals surface area contributed by atoms with Crippen LogP contribution in [0.25, 0.3) is 0 Å². The van der Waals surface area contributed by atoms with Crippen LogP contribution in [0.15, 0.2) is 18.2 Å². The van der Waals surface area contributed by atoms with Crippen molar-refractivity contribution in [2.75, 3.05) is 23.7 Å². The fraction of sp³-hybridized carbons (Fsp3) is 0.308. The third-order valence-electron chi connectivity index (χ3n) is 2.83. The first-order valence-corrected chi connectivity index (χ1v) is 6.38. The average Bonchev–Trinajstić information content (AvgIpc) is 2.46. The molecule has 1 aromatic rings. The van der Waals surface area contributed by atoms with E-state index >= 15 is 0 Å². The van der Waals surface area contributed by atoms with Crippen LogP contribution in [0, 0.1) is 0 Å². The van der Waals surface area contributed by atoms with E-state index < -0.39 is 17.9 Å². The second-order valence-corrected chi connectivity index (χ2v) is 4.49. The molecule has 1 heterocycles. The number of hydrogen-bond acceptors (Lipinski definition) is 5. The average molecular weight is 292 g/mol. The van der Waals surface area contributed by atoms with E-state index in [1.165, 1.54) is 0 Å². The Morgan fingerprint density at radius 1 is 1.38 bits per heavy atom. The van der Waals surface area contributed by atoms with Crippen molar-refractivity contribution in [1.29, 1.82) is 0 Å². The predicted octanol–water partition coefficient (Wildman–Crippen LogP) is -0.581. The summed E-state index contributed by atoms with van der Waals surface area (Å²) in [5.41, 5.74) is 6.09. The molecule has 8 nitrogen and oxygen atoms in total. The van der Waals surface area contributed by atoms with Crippen molar-refractivity contribution in [3.05, 3.63) is 18.2 Å². The van der Waals surface area contributed by atoms with Gasteiger partial charge in [0.25, 0.3) is 5.91 Å². The van der Waals surface area contributed by atoms with Crippen LogP contribution in [-0.2, 0) is 14.4 Å². The summed E-state index contributed by atoms with van der Waals surface area (Å²) in [6.45, 7) is 1.30. The molecule has 0 bridgehead atoms. The number of benzene rings is 1. The van der Waals surface area contributed by atoms with Gasteiger partial charge in [-0.25, -0.2) is 0 Å². The second kappa shape index (κ2) is 6.23. The zero-order valence-corrected chi connectivity index (χ0v) is 11.4. The summed E-state index contributed by atoms with van der Waals surface area (Å²) < 4.78 is 5.40. The van der Waals surface area contributed by atoms with Crippen LogP contribution in [0.3, 0.4) is 0 Å². The van der Waals surface area contributed by atoms with Gasteiger partial charge in [0, 0.05) is 5.69 Å². The molecule has 2 rings (SSSR count). The lowest BCUT2D eigenvalue weighted by Crippen LogP contribution is -2.36. The molecule has 8 heteroatoms. The third-order valence-corrected chi connectivity index (χ3v) is 2.83. The lowest BCUT2D eigenvalue weighted by molar-refractivity contribution is -0.123. The Kier molecular flexibility index (Phi) is 4.39. The lowest BCUT2D eigenvalue weighted by Gasteiger charge is -2.23. The Morgan fingerprint density at radius 3 is 2.86 bits per heavy atom. The SMILES string of the molecule is CC1Oc2ccc(NC(=O)CNC(=O)CN)cc2NC1=O. The van der Waals surface area contributed by atoms with Gasteiger partial charge in [-0.05, 0) is 25.1 Å². The zero-order chi connectivity index (χ0) is 15.4. The first-order chi connectivity index (χ1) is 9.99. The van der Waals surface area contributed by atoms with Gasteiger partial charge >= 0.3 is 0 Å². The molecule has 21 heavy (non-hydrogen) atoms. The Labute approximate surface area is 121 Å². The van der Waals surface area contributed by atoms with E-state index in [1.807, 2.05) is 0 Å². The van der Waals surface area contributed by atoms with Crippen LogP contribution in [-0.4, -0.2) is 36.9 Å². The van der Waals surface area contributed by atoms with Gasteiger partial charge in [-0.3, -0.25) is 14.4 Å². The zero-order valence-electron chi connectivity index (χ0n) is 11.4. The molecule has 0 aliphatic carbocycles. The highest BCUT2D eigenvalue weighted by atomic mass is 16.5. The van der Waals surface area contributed by atoms with Gasteiger partial charge < -0.3 is 26.4 Å². The number of ether oxygens (including phenoxy) is 1. The molecule has 3 amide bonds. The van der Waals surface area contributed by atoms with Crippen molar-refractivity contribution in [2.45, 2.75) is 13.0 Å². The van der Waals surface area contributed by atoms with Gasteiger partial charge in [-0.2, -0.15) is 0 Å². The maximum Gasteiger partial charge on any atom is 0.265 e. The summed E-state index contributed by atoms with van der Waals surface area (Å²) in [5.74, 6) is -0.517. The Hall–Kier alpha value is -2.61. The number of rotatable bonds is 4. The molecule has 1 atom stereocenters. The highest BCUT2D eigenvalue weighted by Crippen LogP contribution is 2.31. The Morgan fingerprint density at radius 2 is 2.14 bits per heavy atom. The highest BCUT2D eigenvalue weighted by molar-refractivity contribution is 5.99. The topological polar surface area (TPSA) is 123 Å². The number of fused-ring (bicyclic) bond motifs is 1. The van der Waals surface area contributed by atoms with Gasteiger partial charge in [0.1, 0.15) is 5.75 Å². The van der Waals surface area contributed by atoms with E-state index in [-0.39, 0.29) is 19.0 Å². The van der Waals surface area contributed by atoms with Gasteiger partial charge in [-0.1, -0.05) is 0 Å². The number of carbonyl (C=O) groups is 3. The van der Waals surface area contributed by atoms with Crippen LogP contribution < -0.4 is 26.4 Å². The van der Waals surface area contributed by atoms with Gasteiger partial charge in [0.15, 0.2) is 6.10 Å². The quantitative estimate of drug-likeness (QED) is 0.591. The van der Waals surface area contributed by atoms with Crippen molar-refractivity contribution < 1.29 is 19.1 Å². The number of amides is 3. The molecule has 1 unspecified atom stereocenters. The number of nitrogens with one attached hydrogen (secondary N) is 3. The fourth-order valence-electron chi connectivity index (χ4n) is 1.74. The summed E-state index contributed by atoms with van der Waals surface area (Å²) >= 11 is 0. The van der Waals surface area contributed by atoms with Crippen LogP contribution in [0.2, 0.25) is 0 Å². The molecule has 0 saturated carbocycles. The molecule has 1 aliphatic heterocycles. The third kappa shape index (κ3) is 3.69. The van der Waals surface area contributed by atoms with Crippen LogP contribution in [0.4, 0.5) is 11.4 Å². The summed E-state index contributed by atoms with van der Waals surface area (Å²) in [5, 5.41) is 7.63. The Bertz CT molecular complexity index is 588. The smallest absolute Gasteiger partial charge is 0.265 e. The molecule has 0 saturated heterocycles. The molecule has 0 radical (unpaired) electrons.